The van der Waals surface area contributed by atoms with Gasteiger partial charge in [-0.1, -0.05) is 31.2 Å². The molecule has 0 heterocycles. The third-order valence-electron chi connectivity index (χ3n) is 1.69. The van der Waals surface area contributed by atoms with Crippen LogP contribution in [0.25, 0.3) is 0 Å². The number of nitrogens with zero attached hydrogens (tertiary/aromatic N) is 1. The summed E-state index contributed by atoms with van der Waals surface area (Å²) < 4.78 is 0. The Morgan fingerprint density at radius 2 is 2.13 bits per heavy atom. The van der Waals surface area contributed by atoms with E-state index in [0.29, 0.717) is 5.70 Å². The molecule has 0 rings (SSSR count). The molecule has 0 N–H and O–H groups in total. The van der Waals surface area contributed by atoms with Gasteiger partial charge >= 0.3 is 0 Å². The maximum Gasteiger partial charge on any atom is 0.152 e. The minimum Gasteiger partial charge on any atom is -0.250 e. The van der Waals surface area contributed by atoms with Gasteiger partial charge in [0.2, 0.25) is 0 Å². The normalized spacial score (nSPS) is 12.1. The van der Waals surface area contributed by atoms with Crippen molar-refractivity contribution in [2.24, 2.45) is 4.99 Å². The fraction of sp³-hybridized carbons (Fsp3) is 0.308. The van der Waals surface area contributed by atoms with Crippen LogP contribution in [0.4, 0.5) is 0 Å². The van der Waals surface area contributed by atoms with Crippen LogP contribution in [0, 0.1) is 0 Å². The predicted octanol–water partition coefficient (Wildman–Crippen LogP) is 3.26. The van der Waals surface area contributed by atoms with E-state index in [-0.39, 0.29) is 0 Å². The van der Waals surface area contributed by atoms with E-state index in [9.17, 15) is 4.79 Å². The molecule has 0 saturated heterocycles. The van der Waals surface area contributed by atoms with E-state index in [1.54, 1.807) is 25.2 Å². The van der Waals surface area contributed by atoms with E-state index in [1.807, 2.05) is 26.0 Å². The van der Waals surface area contributed by atoms with Crippen molar-refractivity contribution in [2.45, 2.75) is 27.2 Å². The Hall–Kier alpha value is -1.66. The second-order valence-corrected chi connectivity index (χ2v) is 3.13. The Morgan fingerprint density at radius 1 is 1.47 bits per heavy atom. The molecule has 0 aliphatic carbocycles. The molecule has 0 fully saturated rings. The molecule has 0 aliphatic rings. The summed E-state index contributed by atoms with van der Waals surface area (Å²) in [4.78, 5) is 14.4. The molecule has 0 unspecified atom stereocenters. The van der Waals surface area contributed by atoms with Gasteiger partial charge in [-0.3, -0.25) is 0 Å². The maximum absolute atomic E-state index is 10.5. The van der Waals surface area contributed by atoms with Crippen molar-refractivity contribution in [3.05, 3.63) is 41.7 Å². The van der Waals surface area contributed by atoms with Gasteiger partial charge in [-0.25, -0.2) is 9.79 Å². The quantitative estimate of drug-likeness (QED) is 0.383. The van der Waals surface area contributed by atoms with E-state index < -0.39 is 0 Å². The van der Waals surface area contributed by atoms with Gasteiger partial charge in [-0.05, 0) is 31.9 Å². The van der Waals surface area contributed by atoms with Crippen LogP contribution in [-0.2, 0) is 4.79 Å². The second kappa shape index (κ2) is 7.72. The van der Waals surface area contributed by atoms with Crippen molar-refractivity contribution in [2.75, 3.05) is 0 Å². The van der Waals surface area contributed by atoms with E-state index in [1.165, 1.54) is 0 Å². The number of hydrogen-bond acceptors (Lipinski definition) is 2. The zero-order valence-electron chi connectivity index (χ0n) is 9.58. The lowest BCUT2D eigenvalue weighted by atomic mass is 10.1. The lowest BCUT2D eigenvalue weighted by Gasteiger charge is -1.96. The summed E-state index contributed by atoms with van der Waals surface area (Å²) in [6, 6.07) is 0. The van der Waals surface area contributed by atoms with Gasteiger partial charge in [-0.15, -0.1) is 0 Å². The van der Waals surface area contributed by atoms with Gasteiger partial charge in [0.15, 0.2) is 5.94 Å². The molecule has 0 amide bonds. The summed E-state index contributed by atoms with van der Waals surface area (Å²) in [5, 5.41) is 0. The van der Waals surface area contributed by atoms with Crippen LogP contribution in [0.5, 0.6) is 0 Å². The maximum atomic E-state index is 10.5. The van der Waals surface area contributed by atoms with Crippen molar-refractivity contribution < 1.29 is 4.79 Å². The molecule has 0 aromatic heterocycles. The SMILES string of the molecule is C=C(C)/C=C\C(=C\C(=C=O)N=CC)CC. The zero-order chi connectivity index (χ0) is 11.7. The molecule has 2 nitrogen and oxygen atoms in total. The Balaban J connectivity index is 4.87. The number of carbonyl (C=O) groups excluding carboxylic acids is 1. The van der Waals surface area contributed by atoms with Gasteiger partial charge in [-0.2, -0.15) is 0 Å². The van der Waals surface area contributed by atoms with Crippen LogP contribution in [0.2, 0.25) is 0 Å². The highest BCUT2D eigenvalue weighted by Crippen LogP contribution is 2.08. The third-order valence-corrected chi connectivity index (χ3v) is 1.69. The lowest BCUT2D eigenvalue weighted by molar-refractivity contribution is 0.567. The topological polar surface area (TPSA) is 29.4 Å². The number of allylic oxidation sites excluding steroid dienone is 5. The molecule has 0 radical (unpaired) electrons. The Labute approximate surface area is 91.4 Å². The number of hydrogen-bond donors (Lipinski definition) is 0. The molecule has 0 aliphatic heterocycles. The van der Waals surface area contributed by atoms with Crippen molar-refractivity contribution in [3.8, 4) is 0 Å². The highest BCUT2D eigenvalue weighted by molar-refractivity contribution is 5.65. The van der Waals surface area contributed by atoms with Gasteiger partial charge < -0.3 is 0 Å². The van der Waals surface area contributed by atoms with Gasteiger partial charge in [0, 0.05) is 6.21 Å². The average Bonchev–Trinajstić information content (AvgIpc) is 2.22. The fourth-order valence-electron chi connectivity index (χ4n) is 0.925. The molecule has 80 valence electrons. The van der Waals surface area contributed by atoms with E-state index in [2.05, 4.69) is 11.6 Å². The van der Waals surface area contributed by atoms with Gasteiger partial charge in [0.25, 0.3) is 0 Å². The van der Waals surface area contributed by atoms with Gasteiger partial charge in [0.05, 0.1) is 0 Å². The van der Waals surface area contributed by atoms with Crippen molar-refractivity contribution >= 4 is 12.2 Å². The first kappa shape index (κ1) is 13.3. The summed E-state index contributed by atoms with van der Waals surface area (Å²) >= 11 is 0. The van der Waals surface area contributed by atoms with E-state index in [4.69, 9.17) is 0 Å². The largest absolute Gasteiger partial charge is 0.250 e. The second-order valence-electron chi connectivity index (χ2n) is 3.13. The first-order valence-electron chi connectivity index (χ1n) is 4.92. The van der Waals surface area contributed by atoms with E-state index >= 15 is 0 Å². The summed E-state index contributed by atoms with van der Waals surface area (Å²) in [6.45, 7) is 9.48. The Bertz CT molecular complexity index is 353. The summed E-state index contributed by atoms with van der Waals surface area (Å²) in [7, 11) is 0. The zero-order valence-corrected chi connectivity index (χ0v) is 9.58. The minimum atomic E-state index is 0.320. The van der Waals surface area contributed by atoms with Crippen LogP contribution in [0.15, 0.2) is 46.6 Å². The van der Waals surface area contributed by atoms with Crippen LogP contribution in [0.3, 0.4) is 0 Å². The molecule has 0 saturated carbocycles. The number of rotatable bonds is 5. The van der Waals surface area contributed by atoms with Crippen LogP contribution >= 0.6 is 0 Å². The molecular weight excluding hydrogens is 186 g/mol. The molecular formula is C13H17NO. The average molecular weight is 203 g/mol. The Morgan fingerprint density at radius 3 is 2.53 bits per heavy atom. The minimum absolute atomic E-state index is 0.320. The molecule has 0 spiro atoms. The molecule has 0 bridgehead atoms. The van der Waals surface area contributed by atoms with Crippen molar-refractivity contribution in [1.29, 1.82) is 0 Å². The highest BCUT2D eigenvalue weighted by Gasteiger charge is 1.92. The van der Waals surface area contributed by atoms with E-state index in [0.717, 1.165) is 17.6 Å². The predicted molar refractivity (Wildman–Crippen MR) is 65.7 cm³/mol. The molecule has 15 heavy (non-hydrogen) atoms. The molecule has 0 aromatic carbocycles. The summed E-state index contributed by atoms with van der Waals surface area (Å²) in [6.07, 6.45) is 7.99. The molecule has 0 atom stereocenters. The first-order valence-corrected chi connectivity index (χ1v) is 4.92. The fourth-order valence-corrected chi connectivity index (χ4v) is 0.925. The van der Waals surface area contributed by atoms with Crippen molar-refractivity contribution in [3.63, 3.8) is 0 Å². The number of aliphatic imine (C=N–C) groups is 1. The van der Waals surface area contributed by atoms with Gasteiger partial charge in [0.1, 0.15) is 5.70 Å². The van der Waals surface area contributed by atoms with Crippen LogP contribution < -0.4 is 0 Å². The summed E-state index contributed by atoms with van der Waals surface area (Å²) in [5.41, 5.74) is 2.33. The highest BCUT2D eigenvalue weighted by atomic mass is 16.1. The van der Waals surface area contributed by atoms with Crippen LogP contribution in [-0.4, -0.2) is 12.2 Å². The monoisotopic (exact) mass is 203 g/mol. The molecule has 0 aromatic rings. The smallest absolute Gasteiger partial charge is 0.152 e. The Kier molecular flexibility index (Phi) is 6.86. The first-order chi connectivity index (χ1) is 7.13. The summed E-state index contributed by atoms with van der Waals surface area (Å²) in [5.74, 6) is 1.79. The lowest BCUT2D eigenvalue weighted by Crippen LogP contribution is -1.80. The third kappa shape index (κ3) is 6.42. The van der Waals surface area contributed by atoms with Crippen LogP contribution in [0.1, 0.15) is 27.2 Å². The molecule has 2 heteroatoms. The van der Waals surface area contributed by atoms with Crippen molar-refractivity contribution in [1.82, 2.24) is 0 Å². The standard InChI is InChI=1S/C13H17NO/c1-5-12(8-7-11(3)4)9-13(10-15)14-6-2/h6-9H,3,5H2,1-2,4H3/b8-7-,12-9+,14-6?.